The number of carbonyl (C=O) groups excluding carboxylic acids is 2. The number of rotatable bonds is 6. The molecule has 9 nitrogen and oxygen atoms in total. The normalized spacial score (nSPS) is 21.7. The summed E-state index contributed by atoms with van der Waals surface area (Å²) in [4.78, 5) is 24.4. The van der Waals surface area contributed by atoms with Crippen molar-refractivity contribution in [3.8, 4) is 6.07 Å². The van der Waals surface area contributed by atoms with Crippen molar-refractivity contribution in [3.63, 3.8) is 0 Å². The van der Waals surface area contributed by atoms with E-state index in [1.165, 1.54) is 20.7 Å². The van der Waals surface area contributed by atoms with E-state index in [9.17, 15) is 26.8 Å². The van der Waals surface area contributed by atoms with Crippen molar-refractivity contribution in [2.24, 2.45) is 11.8 Å². The van der Waals surface area contributed by atoms with E-state index in [4.69, 9.17) is 5.26 Å². The number of benzene rings is 1. The molecule has 0 saturated carbocycles. The zero-order valence-corrected chi connectivity index (χ0v) is 23.3. The molecule has 1 unspecified atom stereocenters. The number of nitrogens with zero attached hydrogens (tertiary/aromatic N) is 4. The second-order valence-electron chi connectivity index (χ2n) is 9.03. The van der Waals surface area contributed by atoms with E-state index in [0.717, 1.165) is 44.8 Å². The quantitative estimate of drug-likeness (QED) is 0.380. The molecule has 200 valence electrons. The third-order valence-electron chi connectivity index (χ3n) is 6.60. The van der Waals surface area contributed by atoms with Crippen LogP contribution in [0.2, 0.25) is 0 Å². The van der Waals surface area contributed by atoms with Crippen LogP contribution in [0.5, 0.6) is 0 Å². The molecule has 1 aromatic carbocycles. The maximum atomic E-state index is 13.0. The predicted octanol–water partition coefficient (Wildman–Crippen LogP) is 2.41. The number of hydrogen-bond acceptors (Lipinski definition) is 5. The van der Waals surface area contributed by atoms with E-state index < -0.39 is 27.9 Å². The Hall–Kier alpha value is -1.89. The summed E-state index contributed by atoms with van der Waals surface area (Å²) < 4.78 is 53.6. The fraction of sp³-hybridized carbons (Fsp3) is 0.609. The maximum Gasteiger partial charge on any atom is 0.282 e. The topological polar surface area (TPSA) is 114 Å². The fourth-order valence-electron chi connectivity index (χ4n) is 4.47. The second kappa shape index (κ2) is 13.6. The van der Waals surface area contributed by atoms with Gasteiger partial charge in [-0.1, -0.05) is 12.1 Å². The summed E-state index contributed by atoms with van der Waals surface area (Å²) in [6.45, 7) is 4.49. The van der Waals surface area contributed by atoms with Crippen LogP contribution in [-0.2, 0) is 19.8 Å². The van der Waals surface area contributed by atoms with E-state index in [0.29, 0.717) is 13.0 Å². The smallest absolute Gasteiger partial charge is 0.282 e. The Kier molecular flexibility index (Phi) is 11.5. The molecular formula is C23H32F2IN5O4S. The van der Waals surface area contributed by atoms with Gasteiger partial charge in [0.05, 0.1) is 23.9 Å². The molecule has 0 aliphatic carbocycles. The minimum atomic E-state index is -3.51. The third-order valence-corrected chi connectivity index (χ3v) is 8.54. The molecule has 3 aliphatic rings. The van der Waals surface area contributed by atoms with E-state index in [2.05, 4.69) is 11.4 Å². The molecule has 3 aliphatic heterocycles. The van der Waals surface area contributed by atoms with Crippen LogP contribution < -0.4 is 5.32 Å². The number of nitrogens with one attached hydrogen (secondary N) is 1. The van der Waals surface area contributed by atoms with Gasteiger partial charge < -0.3 is 10.2 Å². The zero-order chi connectivity index (χ0) is 25.6. The summed E-state index contributed by atoms with van der Waals surface area (Å²) in [5.41, 5.74) is 0.145. The lowest BCUT2D eigenvalue weighted by Crippen LogP contribution is -2.57. The van der Waals surface area contributed by atoms with Crippen molar-refractivity contribution >= 4 is 46.5 Å². The number of halogens is 3. The minimum Gasteiger partial charge on any atom is -0.352 e. The molecule has 3 fully saturated rings. The predicted molar refractivity (Wildman–Crippen MR) is 139 cm³/mol. The monoisotopic (exact) mass is 639 g/mol. The minimum absolute atomic E-state index is 0. The Morgan fingerprint density at radius 3 is 2.42 bits per heavy atom. The molecule has 1 aromatic rings. The molecule has 0 radical (unpaired) electrons. The standard InChI is InChI=1S/C14H22N4O3S.C9H9F2NO.HI/c15-8-12-9-18(10-12)22(20,21)17-7-3-4-13(11-17)14(19)16-5-1-2-6-16;1-6(12-5-13)7-3-2-4-8(10)9(7)11;/h12-13H,1-7,9-11H2;2-6H,1H3,(H,12,13);1H/t13-;;/m0../s1. The van der Waals surface area contributed by atoms with Crippen LogP contribution >= 0.6 is 24.0 Å². The van der Waals surface area contributed by atoms with Gasteiger partial charge in [-0.15, -0.1) is 24.0 Å². The first-order valence-corrected chi connectivity index (χ1v) is 13.2. The van der Waals surface area contributed by atoms with Crippen LogP contribution in [0, 0.1) is 34.8 Å². The van der Waals surface area contributed by atoms with Crippen LogP contribution in [0.4, 0.5) is 8.78 Å². The van der Waals surface area contributed by atoms with Crippen LogP contribution in [0.25, 0.3) is 0 Å². The lowest BCUT2D eigenvalue weighted by molar-refractivity contribution is -0.135. The van der Waals surface area contributed by atoms with Crippen molar-refractivity contribution in [3.05, 3.63) is 35.4 Å². The van der Waals surface area contributed by atoms with Crippen molar-refractivity contribution in [1.82, 2.24) is 18.8 Å². The van der Waals surface area contributed by atoms with Gasteiger partial charge in [0.1, 0.15) is 0 Å². The second-order valence-corrected chi connectivity index (χ2v) is 11.0. The maximum absolute atomic E-state index is 13.0. The fourth-order valence-corrected chi connectivity index (χ4v) is 6.26. The first-order chi connectivity index (χ1) is 16.7. The van der Waals surface area contributed by atoms with Gasteiger partial charge in [0.15, 0.2) is 11.6 Å². The molecule has 0 spiro atoms. The van der Waals surface area contributed by atoms with E-state index in [-0.39, 0.29) is 66.9 Å². The average Bonchev–Trinajstić information content (AvgIpc) is 3.35. The lowest BCUT2D eigenvalue weighted by atomic mass is 9.98. The van der Waals surface area contributed by atoms with Gasteiger partial charge in [0.25, 0.3) is 10.2 Å². The van der Waals surface area contributed by atoms with Crippen molar-refractivity contribution in [2.75, 3.05) is 39.3 Å². The van der Waals surface area contributed by atoms with Crippen LogP contribution in [0.15, 0.2) is 18.2 Å². The molecular weight excluding hydrogens is 607 g/mol. The van der Waals surface area contributed by atoms with E-state index >= 15 is 0 Å². The van der Waals surface area contributed by atoms with Gasteiger partial charge in [-0.25, -0.2) is 8.78 Å². The van der Waals surface area contributed by atoms with Crippen LogP contribution in [-0.4, -0.2) is 73.5 Å². The number of hydrogen-bond donors (Lipinski definition) is 1. The summed E-state index contributed by atoms with van der Waals surface area (Å²) in [5, 5.41) is 11.1. The third kappa shape index (κ3) is 7.11. The van der Waals surface area contributed by atoms with Gasteiger partial charge in [-0.2, -0.15) is 22.3 Å². The molecule has 0 aromatic heterocycles. The number of nitriles is 1. The van der Waals surface area contributed by atoms with Crippen LogP contribution in [0.3, 0.4) is 0 Å². The van der Waals surface area contributed by atoms with Crippen molar-refractivity contribution in [1.29, 1.82) is 5.26 Å². The highest BCUT2D eigenvalue weighted by Gasteiger charge is 2.42. The SMILES string of the molecule is CC(NC=O)c1cccc(F)c1F.I.N#CC1CN(S(=O)(=O)N2CCC[C@H](C(=O)N3CCCC3)C2)C1. The highest BCUT2D eigenvalue weighted by molar-refractivity contribution is 14.0. The Morgan fingerprint density at radius 1 is 1.14 bits per heavy atom. The van der Waals surface area contributed by atoms with Gasteiger partial charge >= 0.3 is 0 Å². The Labute approximate surface area is 228 Å². The highest BCUT2D eigenvalue weighted by atomic mass is 127. The highest BCUT2D eigenvalue weighted by Crippen LogP contribution is 2.27. The molecule has 0 bridgehead atoms. The first-order valence-electron chi connectivity index (χ1n) is 11.8. The Bertz CT molecular complexity index is 1060. The van der Waals surface area contributed by atoms with Crippen LogP contribution in [0.1, 0.15) is 44.2 Å². The molecule has 36 heavy (non-hydrogen) atoms. The zero-order valence-electron chi connectivity index (χ0n) is 20.1. The first kappa shape index (κ1) is 30.3. The number of piperidine rings is 1. The molecule has 4 rings (SSSR count). The number of likely N-dealkylation sites (tertiary alicyclic amines) is 1. The van der Waals surface area contributed by atoms with E-state index in [1.54, 1.807) is 6.92 Å². The molecule has 1 N–H and O–H groups in total. The summed E-state index contributed by atoms with van der Waals surface area (Å²) in [6.07, 6.45) is 4.03. The van der Waals surface area contributed by atoms with Gasteiger partial charge in [0.2, 0.25) is 12.3 Å². The summed E-state index contributed by atoms with van der Waals surface area (Å²) in [6, 6.07) is 5.43. The number of amides is 2. The molecule has 13 heteroatoms. The molecule has 2 amide bonds. The molecule has 2 atom stereocenters. The lowest BCUT2D eigenvalue weighted by Gasteiger charge is -2.40. The summed E-state index contributed by atoms with van der Waals surface area (Å²) in [5.74, 6) is -2.12. The summed E-state index contributed by atoms with van der Waals surface area (Å²) in [7, 11) is -3.51. The van der Waals surface area contributed by atoms with Gasteiger partial charge in [-0.3, -0.25) is 9.59 Å². The number of carbonyl (C=O) groups is 2. The Balaban J connectivity index is 0.000000281. The van der Waals surface area contributed by atoms with E-state index in [1.807, 2.05) is 4.90 Å². The van der Waals surface area contributed by atoms with Gasteiger partial charge in [0, 0.05) is 44.8 Å². The van der Waals surface area contributed by atoms with Crippen molar-refractivity contribution < 1.29 is 26.8 Å². The average molecular weight is 640 g/mol. The van der Waals surface area contributed by atoms with Gasteiger partial charge in [-0.05, 0) is 38.7 Å². The van der Waals surface area contributed by atoms with Crippen molar-refractivity contribution in [2.45, 2.75) is 38.6 Å². The Morgan fingerprint density at radius 2 is 1.81 bits per heavy atom. The largest absolute Gasteiger partial charge is 0.352 e. The molecule has 3 saturated heterocycles. The summed E-state index contributed by atoms with van der Waals surface area (Å²) >= 11 is 0. The molecule has 3 heterocycles.